The van der Waals surface area contributed by atoms with Gasteiger partial charge in [0.05, 0.1) is 34.0 Å². The number of methoxy groups -OCH3 is 4. The fourth-order valence-electron chi connectivity index (χ4n) is 3.32. The number of benzene rings is 3. The molecule has 0 bridgehead atoms. The zero-order chi connectivity index (χ0) is 21.0. The van der Waals surface area contributed by atoms with Crippen LogP contribution >= 0.6 is 0 Å². The molecule has 0 atom stereocenters. The number of carbonyl (C=O) groups excluding carboxylic acids is 1. The SMILES string of the molecule is COc1ccc2cc(CN(C)C(=O)c3ccc(OC)c(OC)c3OC)ccc2c1. The van der Waals surface area contributed by atoms with Gasteiger partial charge in [-0.05, 0) is 46.7 Å². The molecule has 0 heterocycles. The standard InChI is InChI=1S/C23H25NO5/c1-24(14-15-6-7-17-13-18(26-2)9-8-16(17)12-15)23(25)19-10-11-20(27-3)22(29-5)21(19)28-4/h6-13H,14H2,1-5H3. The number of carbonyl (C=O) groups is 1. The first-order chi connectivity index (χ1) is 14.0. The van der Waals surface area contributed by atoms with Crippen molar-refractivity contribution in [2.24, 2.45) is 0 Å². The Morgan fingerprint density at radius 1 is 0.793 bits per heavy atom. The van der Waals surface area contributed by atoms with Crippen LogP contribution in [0.3, 0.4) is 0 Å². The second kappa shape index (κ2) is 8.73. The monoisotopic (exact) mass is 395 g/mol. The molecule has 0 N–H and O–H groups in total. The molecular formula is C23H25NO5. The van der Waals surface area contributed by atoms with Crippen LogP contribution < -0.4 is 18.9 Å². The fraction of sp³-hybridized carbons (Fsp3) is 0.261. The van der Waals surface area contributed by atoms with E-state index in [1.165, 1.54) is 14.2 Å². The number of fused-ring (bicyclic) bond motifs is 1. The molecule has 0 aromatic heterocycles. The summed E-state index contributed by atoms with van der Waals surface area (Å²) in [6.07, 6.45) is 0. The first kappa shape index (κ1) is 20.3. The highest BCUT2D eigenvalue weighted by Gasteiger charge is 2.23. The van der Waals surface area contributed by atoms with Crippen molar-refractivity contribution in [2.75, 3.05) is 35.5 Å². The average Bonchev–Trinajstić information content (AvgIpc) is 2.76. The summed E-state index contributed by atoms with van der Waals surface area (Å²) in [5, 5.41) is 2.18. The van der Waals surface area contributed by atoms with E-state index < -0.39 is 0 Å². The molecule has 0 aliphatic heterocycles. The summed E-state index contributed by atoms with van der Waals surface area (Å²) in [7, 11) is 7.98. The molecule has 3 aromatic carbocycles. The predicted molar refractivity (Wildman–Crippen MR) is 112 cm³/mol. The molecule has 3 rings (SSSR count). The molecule has 0 saturated heterocycles. The Hall–Kier alpha value is -3.41. The Morgan fingerprint density at radius 2 is 1.48 bits per heavy atom. The summed E-state index contributed by atoms with van der Waals surface area (Å²) in [6.45, 7) is 0.457. The van der Waals surface area contributed by atoms with Crippen LogP contribution in [0.25, 0.3) is 10.8 Å². The summed E-state index contributed by atoms with van der Waals surface area (Å²) in [6, 6.07) is 15.4. The van der Waals surface area contributed by atoms with E-state index in [0.717, 1.165) is 22.1 Å². The summed E-state index contributed by atoms with van der Waals surface area (Å²) in [5.41, 5.74) is 1.44. The van der Waals surface area contributed by atoms with E-state index in [2.05, 4.69) is 6.07 Å². The molecule has 0 radical (unpaired) electrons. The van der Waals surface area contributed by atoms with E-state index >= 15 is 0 Å². The number of amides is 1. The quantitative estimate of drug-likeness (QED) is 0.602. The fourth-order valence-corrected chi connectivity index (χ4v) is 3.32. The summed E-state index contributed by atoms with van der Waals surface area (Å²) < 4.78 is 21.4. The zero-order valence-corrected chi connectivity index (χ0v) is 17.3. The molecule has 3 aromatic rings. The summed E-state index contributed by atoms with van der Waals surface area (Å²) in [4.78, 5) is 14.7. The molecule has 0 aliphatic carbocycles. The minimum absolute atomic E-state index is 0.169. The lowest BCUT2D eigenvalue weighted by atomic mass is 10.1. The van der Waals surface area contributed by atoms with Gasteiger partial charge in [0.15, 0.2) is 11.5 Å². The van der Waals surface area contributed by atoms with Crippen LogP contribution in [0.4, 0.5) is 0 Å². The van der Waals surface area contributed by atoms with Crippen molar-refractivity contribution in [1.82, 2.24) is 4.90 Å². The normalized spacial score (nSPS) is 10.5. The Kier molecular flexibility index (Phi) is 6.12. The number of rotatable bonds is 7. The van der Waals surface area contributed by atoms with Crippen LogP contribution in [0.1, 0.15) is 15.9 Å². The topological polar surface area (TPSA) is 57.2 Å². The summed E-state index contributed by atoms with van der Waals surface area (Å²) in [5.74, 6) is 1.91. The van der Waals surface area contributed by atoms with Crippen LogP contribution in [0.15, 0.2) is 48.5 Å². The summed E-state index contributed by atoms with van der Waals surface area (Å²) >= 11 is 0. The second-order valence-electron chi connectivity index (χ2n) is 6.59. The average molecular weight is 395 g/mol. The van der Waals surface area contributed by atoms with Gasteiger partial charge < -0.3 is 23.8 Å². The van der Waals surface area contributed by atoms with Gasteiger partial charge in [0.25, 0.3) is 5.91 Å². The van der Waals surface area contributed by atoms with Gasteiger partial charge in [-0.2, -0.15) is 0 Å². The van der Waals surface area contributed by atoms with Crippen LogP contribution in [-0.4, -0.2) is 46.3 Å². The largest absolute Gasteiger partial charge is 0.497 e. The molecule has 6 nitrogen and oxygen atoms in total. The minimum atomic E-state index is -0.169. The number of hydrogen-bond acceptors (Lipinski definition) is 5. The highest BCUT2D eigenvalue weighted by atomic mass is 16.5. The van der Waals surface area contributed by atoms with Crippen LogP contribution in [0, 0.1) is 0 Å². The van der Waals surface area contributed by atoms with Crippen molar-refractivity contribution < 1.29 is 23.7 Å². The number of nitrogens with zero attached hydrogens (tertiary/aromatic N) is 1. The Balaban J connectivity index is 1.86. The smallest absolute Gasteiger partial charge is 0.257 e. The molecule has 6 heteroatoms. The van der Waals surface area contributed by atoms with Crippen molar-refractivity contribution in [3.8, 4) is 23.0 Å². The van der Waals surface area contributed by atoms with Crippen molar-refractivity contribution in [3.63, 3.8) is 0 Å². The first-order valence-electron chi connectivity index (χ1n) is 9.13. The number of hydrogen-bond donors (Lipinski definition) is 0. The lowest BCUT2D eigenvalue weighted by Gasteiger charge is -2.21. The van der Waals surface area contributed by atoms with Gasteiger partial charge in [-0.25, -0.2) is 0 Å². The maximum Gasteiger partial charge on any atom is 0.257 e. The van der Waals surface area contributed by atoms with Gasteiger partial charge in [0.1, 0.15) is 5.75 Å². The van der Waals surface area contributed by atoms with Crippen molar-refractivity contribution in [2.45, 2.75) is 6.54 Å². The van der Waals surface area contributed by atoms with E-state index in [1.54, 1.807) is 38.3 Å². The molecule has 0 saturated carbocycles. The number of ether oxygens (including phenoxy) is 4. The Bertz CT molecular complexity index is 1030. The Labute approximate surface area is 170 Å². The third-order valence-electron chi connectivity index (χ3n) is 4.81. The second-order valence-corrected chi connectivity index (χ2v) is 6.59. The highest BCUT2D eigenvalue weighted by molar-refractivity contribution is 5.98. The molecule has 1 amide bonds. The van der Waals surface area contributed by atoms with Gasteiger partial charge in [-0.1, -0.05) is 18.2 Å². The maximum absolute atomic E-state index is 13.1. The predicted octanol–water partition coefficient (Wildman–Crippen LogP) is 4.15. The van der Waals surface area contributed by atoms with Gasteiger partial charge in [-0.3, -0.25) is 4.79 Å². The maximum atomic E-state index is 13.1. The van der Waals surface area contributed by atoms with Gasteiger partial charge in [0, 0.05) is 13.6 Å². The van der Waals surface area contributed by atoms with Crippen LogP contribution in [-0.2, 0) is 6.54 Å². The molecule has 29 heavy (non-hydrogen) atoms. The van der Waals surface area contributed by atoms with E-state index in [0.29, 0.717) is 29.4 Å². The molecule has 0 aliphatic rings. The van der Waals surface area contributed by atoms with E-state index in [1.807, 2.05) is 30.3 Å². The molecule has 0 unspecified atom stereocenters. The van der Waals surface area contributed by atoms with Crippen molar-refractivity contribution >= 4 is 16.7 Å². The van der Waals surface area contributed by atoms with E-state index in [-0.39, 0.29) is 5.91 Å². The first-order valence-corrected chi connectivity index (χ1v) is 9.13. The molecular weight excluding hydrogens is 370 g/mol. The lowest BCUT2D eigenvalue weighted by Crippen LogP contribution is -2.26. The van der Waals surface area contributed by atoms with Crippen molar-refractivity contribution in [1.29, 1.82) is 0 Å². The molecule has 152 valence electrons. The van der Waals surface area contributed by atoms with Gasteiger partial charge in [-0.15, -0.1) is 0 Å². The molecule has 0 fully saturated rings. The lowest BCUT2D eigenvalue weighted by molar-refractivity contribution is 0.0781. The van der Waals surface area contributed by atoms with E-state index in [4.69, 9.17) is 18.9 Å². The third-order valence-corrected chi connectivity index (χ3v) is 4.81. The third kappa shape index (κ3) is 4.06. The Morgan fingerprint density at radius 3 is 2.14 bits per heavy atom. The van der Waals surface area contributed by atoms with E-state index in [9.17, 15) is 4.79 Å². The van der Waals surface area contributed by atoms with Crippen molar-refractivity contribution in [3.05, 3.63) is 59.7 Å². The van der Waals surface area contributed by atoms with Gasteiger partial charge >= 0.3 is 0 Å². The van der Waals surface area contributed by atoms with Crippen LogP contribution in [0.2, 0.25) is 0 Å². The van der Waals surface area contributed by atoms with Gasteiger partial charge in [0.2, 0.25) is 5.75 Å². The highest BCUT2D eigenvalue weighted by Crippen LogP contribution is 2.40. The minimum Gasteiger partial charge on any atom is -0.497 e. The molecule has 0 spiro atoms. The van der Waals surface area contributed by atoms with Crippen LogP contribution in [0.5, 0.6) is 23.0 Å². The zero-order valence-electron chi connectivity index (χ0n) is 17.3.